The molecule has 0 bridgehead atoms. The quantitative estimate of drug-likeness (QED) is 0.842. The smallest absolute Gasteiger partial charge is 0.0936 e. The third-order valence-electron chi connectivity index (χ3n) is 4.60. The predicted molar refractivity (Wildman–Crippen MR) is 74.9 cm³/mol. The van der Waals surface area contributed by atoms with Gasteiger partial charge in [-0.1, -0.05) is 0 Å². The van der Waals surface area contributed by atoms with Crippen LogP contribution in [0.1, 0.15) is 32.6 Å². The molecule has 3 atom stereocenters. The monoisotopic (exact) mass is 285 g/mol. The zero-order valence-corrected chi connectivity index (χ0v) is 12.4. The van der Waals surface area contributed by atoms with Crippen LogP contribution in [0.2, 0.25) is 0 Å². The average Bonchev–Trinajstić information content (AvgIpc) is 2.46. The zero-order valence-electron chi connectivity index (χ0n) is 12.4. The number of morpholine rings is 1. The number of hydrogen-bond donors (Lipinski definition) is 1. The van der Waals surface area contributed by atoms with Crippen molar-refractivity contribution in [3.8, 4) is 0 Å². The normalized spacial score (nSPS) is 38.0. The second kappa shape index (κ2) is 6.71. The van der Waals surface area contributed by atoms with E-state index >= 15 is 0 Å². The maximum Gasteiger partial charge on any atom is 0.0936 e. The van der Waals surface area contributed by atoms with Crippen molar-refractivity contribution in [2.45, 2.75) is 56.5 Å². The highest BCUT2D eigenvalue weighted by Gasteiger charge is 2.39. The summed E-state index contributed by atoms with van der Waals surface area (Å²) in [6.07, 6.45) is 4.80. The van der Waals surface area contributed by atoms with Crippen LogP contribution >= 0.6 is 0 Å². The molecule has 3 saturated heterocycles. The average molecular weight is 285 g/mol. The highest BCUT2D eigenvalue weighted by molar-refractivity contribution is 4.89. The van der Waals surface area contributed by atoms with E-state index < -0.39 is 0 Å². The summed E-state index contributed by atoms with van der Waals surface area (Å²) in [5.41, 5.74) is 0.0140. The lowest BCUT2D eigenvalue weighted by Gasteiger charge is -2.43. The van der Waals surface area contributed by atoms with E-state index in [9.17, 15) is 0 Å². The molecule has 0 amide bonds. The molecule has 0 radical (unpaired) electrons. The van der Waals surface area contributed by atoms with Crippen molar-refractivity contribution in [1.29, 1.82) is 0 Å². The van der Waals surface area contributed by atoms with Gasteiger partial charge in [-0.05, 0) is 26.2 Å². The summed E-state index contributed by atoms with van der Waals surface area (Å²) in [6, 6.07) is 0. The van der Waals surface area contributed by atoms with E-state index in [0.717, 1.165) is 58.6 Å². The van der Waals surface area contributed by atoms with Crippen LogP contribution in [0.4, 0.5) is 0 Å². The summed E-state index contributed by atoms with van der Waals surface area (Å²) in [7, 11) is 0. The third-order valence-corrected chi connectivity index (χ3v) is 4.60. The standard InChI is InChI=1S/C15H27NO4/c1-12-9-16-10-14(20-12)11-18-13-2-5-19-15(8-13)3-6-17-7-4-15/h12-14,16H,2-11H2,1H3. The Kier molecular flexibility index (Phi) is 4.94. The molecular weight excluding hydrogens is 258 g/mol. The van der Waals surface area contributed by atoms with Gasteiger partial charge in [0.05, 0.1) is 30.5 Å². The molecule has 1 spiro atoms. The molecule has 1 N–H and O–H groups in total. The fourth-order valence-electron chi connectivity index (χ4n) is 3.43. The highest BCUT2D eigenvalue weighted by atomic mass is 16.6. The first-order chi connectivity index (χ1) is 9.76. The lowest BCUT2D eigenvalue weighted by atomic mass is 9.85. The molecule has 0 aromatic heterocycles. The molecule has 0 aromatic rings. The number of hydrogen-bond acceptors (Lipinski definition) is 5. The van der Waals surface area contributed by atoms with Crippen LogP contribution in [-0.4, -0.2) is 63.4 Å². The Morgan fingerprint density at radius 3 is 2.85 bits per heavy atom. The minimum absolute atomic E-state index is 0.0140. The molecule has 0 saturated carbocycles. The lowest BCUT2D eigenvalue weighted by Crippen LogP contribution is -2.48. The molecule has 3 rings (SSSR count). The molecule has 5 nitrogen and oxygen atoms in total. The topological polar surface area (TPSA) is 49.0 Å². The van der Waals surface area contributed by atoms with Gasteiger partial charge in [0.1, 0.15) is 0 Å². The Labute approximate surface area is 121 Å². The molecule has 5 heteroatoms. The van der Waals surface area contributed by atoms with Gasteiger partial charge >= 0.3 is 0 Å². The molecule has 3 heterocycles. The van der Waals surface area contributed by atoms with E-state index in [1.54, 1.807) is 0 Å². The maximum absolute atomic E-state index is 6.11. The van der Waals surface area contributed by atoms with E-state index in [1.807, 2.05) is 0 Å². The van der Waals surface area contributed by atoms with Crippen LogP contribution in [0.15, 0.2) is 0 Å². The van der Waals surface area contributed by atoms with Gasteiger partial charge in [0, 0.05) is 39.3 Å². The molecule has 3 aliphatic rings. The van der Waals surface area contributed by atoms with Crippen LogP contribution in [-0.2, 0) is 18.9 Å². The van der Waals surface area contributed by atoms with E-state index in [1.165, 1.54) is 0 Å². The third kappa shape index (κ3) is 3.71. The van der Waals surface area contributed by atoms with E-state index in [0.29, 0.717) is 12.7 Å². The summed E-state index contributed by atoms with van der Waals surface area (Å²) in [5.74, 6) is 0. The minimum Gasteiger partial charge on any atom is -0.381 e. The van der Waals surface area contributed by atoms with Gasteiger partial charge < -0.3 is 24.3 Å². The Morgan fingerprint density at radius 1 is 1.20 bits per heavy atom. The molecule has 20 heavy (non-hydrogen) atoms. The van der Waals surface area contributed by atoms with E-state index in [4.69, 9.17) is 18.9 Å². The second-order valence-electron chi connectivity index (χ2n) is 6.32. The first kappa shape index (κ1) is 14.7. The summed E-state index contributed by atoms with van der Waals surface area (Å²) < 4.78 is 23.5. The van der Waals surface area contributed by atoms with Crippen LogP contribution in [0.3, 0.4) is 0 Å². The number of rotatable bonds is 3. The van der Waals surface area contributed by atoms with Gasteiger partial charge in [-0.15, -0.1) is 0 Å². The maximum atomic E-state index is 6.11. The Morgan fingerprint density at radius 2 is 2.05 bits per heavy atom. The summed E-state index contributed by atoms with van der Waals surface area (Å²) in [6.45, 7) is 7.08. The van der Waals surface area contributed by atoms with E-state index in [2.05, 4.69) is 12.2 Å². The fourth-order valence-corrected chi connectivity index (χ4v) is 3.43. The van der Waals surface area contributed by atoms with Crippen molar-refractivity contribution in [1.82, 2.24) is 5.32 Å². The molecule has 116 valence electrons. The van der Waals surface area contributed by atoms with Crippen molar-refractivity contribution in [2.75, 3.05) is 39.5 Å². The first-order valence-corrected chi connectivity index (χ1v) is 7.95. The van der Waals surface area contributed by atoms with Crippen LogP contribution in [0, 0.1) is 0 Å². The van der Waals surface area contributed by atoms with Gasteiger partial charge in [0.2, 0.25) is 0 Å². The molecule has 3 fully saturated rings. The first-order valence-electron chi connectivity index (χ1n) is 7.95. The van der Waals surface area contributed by atoms with Crippen LogP contribution < -0.4 is 5.32 Å². The van der Waals surface area contributed by atoms with Crippen molar-refractivity contribution in [2.24, 2.45) is 0 Å². The minimum atomic E-state index is 0.0140. The molecule has 3 unspecified atom stereocenters. The van der Waals surface area contributed by atoms with Gasteiger partial charge in [-0.25, -0.2) is 0 Å². The Hall–Kier alpha value is -0.200. The Balaban J connectivity index is 1.45. The van der Waals surface area contributed by atoms with Crippen LogP contribution in [0.5, 0.6) is 0 Å². The van der Waals surface area contributed by atoms with Gasteiger partial charge in [0.25, 0.3) is 0 Å². The molecule has 0 aliphatic carbocycles. The summed E-state index contributed by atoms with van der Waals surface area (Å²) in [5, 5.41) is 3.38. The van der Waals surface area contributed by atoms with Gasteiger partial charge in [-0.2, -0.15) is 0 Å². The van der Waals surface area contributed by atoms with Gasteiger partial charge in [-0.3, -0.25) is 0 Å². The van der Waals surface area contributed by atoms with Crippen molar-refractivity contribution in [3.05, 3.63) is 0 Å². The SMILES string of the molecule is CC1CNCC(COC2CCOC3(CCOCC3)C2)O1. The number of nitrogens with one attached hydrogen (secondary N) is 1. The fraction of sp³-hybridized carbons (Fsp3) is 1.00. The Bertz CT molecular complexity index is 301. The largest absolute Gasteiger partial charge is 0.381 e. The van der Waals surface area contributed by atoms with Crippen molar-refractivity contribution < 1.29 is 18.9 Å². The molecule has 3 aliphatic heterocycles. The lowest BCUT2D eigenvalue weighted by molar-refractivity contribution is -0.178. The van der Waals surface area contributed by atoms with Crippen molar-refractivity contribution >= 4 is 0 Å². The molecule has 0 aromatic carbocycles. The van der Waals surface area contributed by atoms with E-state index in [-0.39, 0.29) is 17.8 Å². The van der Waals surface area contributed by atoms with Gasteiger partial charge in [0.15, 0.2) is 0 Å². The predicted octanol–water partition coefficient (Wildman–Crippen LogP) is 1.11. The van der Waals surface area contributed by atoms with Crippen molar-refractivity contribution in [3.63, 3.8) is 0 Å². The second-order valence-corrected chi connectivity index (χ2v) is 6.32. The van der Waals surface area contributed by atoms with Crippen LogP contribution in [0.25, 0.3) is 0 Å². The molecular formula is C15H27NO4. The summed E-state index contributed by atoms with van der Waals surface area (Å²) >= 11 is 0. The number of ether oxygens (including phenoxy) is 4. The summed E-state index contributed by atoms with van der Waals surface area (Å²) in [4.78, 5) is 0. The highest BCUT2D eigenvalue weighted by Crippen LogP contribution is 2.35. The zero-order chi connectivity index (χ0) is 13.8.